The molecule has 0 aliphatic rings. The lowest BCUT2D eigenvalue weighted by Gasteiger charge is -2.30. The quantitative estimate of drug-likeness (QED) is 0.225. The third-order valence-electron chi connectivity index (χ3n) is 5.46. The van der Waals surface area contributed by atoms with Crippen LogP contribution in [0.3, 0.4) is 0 Å². The number of benzene rings is 1. The number of nitrogens with zero attached hydrogens (tertiary/aromatic N) is 1. The average molecular weight is 451 g/mol. The summed E-state index contributed by atoms with van der Waals surface area (Å²) in [5.74, 6) is 0. The van der Waals surface area contributed by atoms with Gasteiger partial charge in [0.15, 0.2) is 0 Å². The second-order valence-electron chi connectivity index (χ2n) is 8.81. The van der Waals surface area contributed by atoms with Crippen LogP contribution < -0.4 is 12.4 Å². The summed E-state index contributed by atoms with van der Waals surface area (Å²) in [4.78, 5) is 0. The number of halogens is 3. The van der Waals surface area contributed by atoms with Gasteiger partial charge in [0.2, 0.25) is 0 Å². The second kappa shape index (κ2) is 16.8. The Kier molecular flexibility index (Phi) is 16.8. The zero-order valence-electron chi connectivity index (χ0n) is 18.4. The van der Waals surface area contributed by atoms with Crippen molar-refractivity contribution in [1.29, 1.82) is 0 Å². The molecule has 0 saturated heterocycles. The largest absolute Gasteiger partial charge is 1.00 e. The molecule has 0 aliphatic heterocycles. The van der Waals surface area contributed by atoms with Gasteiger partial charge in [0.05, 0.1) is 30.7 Å². The molecule has 0 amide bonds. The van der Waals surface area contributed by atoms with E-state index in [1.165, 1.54) is 95.6 Å². The number of quaternary nitrogens is 1. The molecule has 0 aliphatic carbocycles. The van der Waals surface area contributed by atoms with Crippen LogP contribution >= 0.6 is 23.2 Å². The summed E-state index contributed by atoms with van der Waals surface area (Å²) < 4.78 is 1.01. The predicted molar refractivity (Wildman–Crippen MR) is 123 cm³/mol. The topological polar surface area (TPSA) is 0 Å². The lowest BCUT2D eigenvalue weighted by atomic mass is 10.0. The summed E-state index contributed by atoms with van der Waals surface area (Å²) in [5, 5.41) is 1.30. The fourth-order valence-corrected chi connectivity index (χ4v) is 4.09. The molecule has 1 aromatic carbocycles. The summed E-state index contributed by atoms with van der Waals surface area (Å²) in [6.45, 7) is 4.52. The zero-order valence-corrected chi connectivity index (χ0v) is 20.7. The van der Waals surface area contributed by atoms with Gasteiger partial charge in [-0.05, 0) is 25.0 Å². The lowest BCUT2D eigenvalue weighted by Crippen LogP contribution is -3.00. The van der Waals surface area contributed by atoms with Crippen molar-refractivity contribution in [1.82, 2.24) is 0 Å². The molecule has 1 nitrogen and oxygen atoms in total. The zero-order chi connectivity index (χ0) is 20.0. The van der Waals surface area contributed by atoms with Crippen LogP contribution in [-0.4, -0.2) is 25.1 Å². The Labute approximate surface area is 191 Å². The van der Waals surface area contributed by atoms with Crippen molar-refractivity contribution in [3.63, 3.8) is 0 Å². The first-order chi connectivity index (χ1) is 12.9. The molecule has 28 heavy (non-hydrogen) atoms. The molecule has 0 N–H and O–H groups in total. The summed E-state index contributed by atoms with van der Waals surface area (Å²) >= 11 is 12.2. The van der Waals surface area contributed by atoms with E-state index in [1.807, 2.05) is 12.1 Å². The minimum Gasteiger partial charge on any atom is -1.00 e. The first kappa shape index (κ1) is 28.1. The highest BCUT2D eigenvalue weighted by atomic mass is 35.5. The second-order valence-corrected chi connectivity index (χ2v) is 9.62. The van der Waals surface area contributed by atoms with Crippen molar-refractivity contribution in [3.05, 3.63) is 33.8 Å². The van der Waals surface area contributed by atoms with Crippen molar-refractivity contribution >= 4 is 23.2 Å². The van der Waals surface area contributed by atoms with Crippen molar-refractivity contribution in [2.45, 2.75) is 96.9 Å². The standard InChI is InChI=1S/C24H42Cl2N.ClH/c1-4-5-6-7-8-9-10-11-12-13-14-15-16-19-27(2,3)21-22-17-18-23(25)24(26)20-22;/h17-18,20H,4-16,19,21H2,1-3H3;1H/q+1;/p-1. The van der Waals surface area contributed by atoms with Gasteiger partial charge < -0.3 is 16.9 Å². The smallest absolute Gasteiger partial charge is 0.104 e. The van der Waals surface area contributed by atoms with Crippen LogP contribution in [0, 0.1) is 0 Å². The average Bonchev–Trinajstić information content (AvgIpc) is 2.62. The third kappa shape index (κ3) is 14.1. The molecule has 0 fully saturated rings. The van der Waals surface area contributed by atoms with E-state index in [9.17, 15) is 0 Å². The van der Waals surface area contributed by atoms with E-state index < -0.39 is 0 Å². The van der Waals surface area contributed by atoms with Gasteiger partial charge in [-0.15, -0.1) is 0 Å². The van der Waals surface area contributed by atoms with Gasteiger partial charge in [-0.25, -0.2) is 0 Å². The normalized spacial score (nSPS) is 11.5. The molecule has 1 aromatic rings. The molecule has 0 atom stereocenters. The summed E-state index contributed by atoms with van der Waals surface area (Å²) in [6.07, 6.45) is 18.3. The molecule has 1 rings (SSSR count). The molecule has 0 unspecified atom stereocenters. The minimum absolute atomic E-state index is 0. The molecular formula is C24H42Cl3N. The van der Waals surface area contributed by atoms with Gasteiger partial charge in [-0.1, -0.05) is 107 Å². The molecule has 0 spiro atoms. The molecule has 0 aromatic heterocycles. The van der Waals surface area contributed by atoms with E-state index in [1.54, 1.807) is 0 Å². The van der Waals surface area contributed by atoms with Crippen molar-refractivity contribution in [3.8, 4) is 0 Å². The molecular weight excluding hydrogens is 409 g/mol. The van der Waals surface area contributed by atoms with E-state index in [-0.39, 0.29) is 12.4 Å². The van der Waals surface area contributed by atoms with Crippen LogP contribution in [0.4, 0.5) is 0 Å². The van der Waals surface area contributed by atoms with Crippen LogP contribution in [-0.2, 0) is 6.54 Å². The Bertz CT molecular complexity index is 503. The Morgan fingerprint density at radius 3 is 1.61 bits per heavy atom. The van der Waals surface area contributed by atoms with E-state index in [4.69, 9.17) is 23.2 Å². The Morgan fingerprint density at radius 2 is 1.14 bits per heavy atom. The molecule has 0 saturated carbocycles. The summed E-state index contributed by atoms with van der Waals surface area (Å²) in [7, 11) is 4.62. The number of hydrogen-bond acceptors (Lipinski definition) is 0. The van der Waals surface area contributed by atoms with Crippen LogP contribution in [0.2, 0.25) is 10.0 Å². The van der Waals surface area contributed by atoms with Crippen LogP contribution in [0.25, 0.3) is 0 Å². The molecule has 164 valence electrons. The van der Waals surface area contributed by atoms with Gasteiger partial charge in [0.1, 0.15) is 6.54 Å². The van der Waals surface area contributed by atoms with Crippen molar-refractivity contribution in [2.24, 2.45) is 0 Å². The highest BCUT2D eigenvalue weighted by Gasteiger charge is 2.16. The maximum absolute atomic E-state index is 6.14. The van der Waals surface area contributed by atoms with E-state index in [2.05, 4.69) is 27.1 Å². The fourth-order valence-electron chi connectivity index (χ4n) is 3.77. The summed E-state index contributed by atoms with van der Waals surface area (Å²) in [6, 6.07) is 6.01. The fraction of sp³-hybridized carbons (Fsp3) is 0.750. The van der Waals surface area contributed by atoms with Gasteiger partial charge in [0, 0.05) is 5.56 Å². The van der Waals surface area contributed by atoms with Crippen molar-refractivity contribution < 1.29 is 16.9 Å². The maximum Gasteiger partial charge on any atom is 0.104 e. The molecule has 4 heteroatoms. The number of hydrogen-bond donors (Lipinski definition) is 0. The monoisotopic (exact) mass is 449 g/mol. The van der Waals surface area contributed by atoms with Gasteiger partial charge in [0.25, 0.3) is 0 Å². The van der Waals surface area contributed by atoms with Crippen LogP contribution in [0.5, 0.6) is 0 Å². The first-order valence-corrected chi connectivity index (χ1v) is 12.0. The minimum atomic E-state index is 0. The Hall–Kier alpha value is 0.0500. The molecule has 0 radical (unpaired) electrons. The van der Waals surface area contributed by atoms with E-state index in [0.717, 1.165) is 11.0 Å². The van der Waals surface area contributed by atoms with Crippen molar-refractivity contribution in [2.75, 3.05) is 20.6 Å². The highest BCUT2D eigenvalue weighted by molar-refractivity contribution is 6.42. The predicted octanol–water partition coefficient (Wildman–Crippen LogP) is 5.67. The number of rotatable bonds is 16. The van der Waals surface area contributed by atoms with E-state index in [0.29, 0.717) is 10.0 Å². The van der Waals surface area contributed by atoms with E-state index >= 15 is 0 Å². The van der Waals surface area contributed by atoms with Crippen LogP contribution in [0.15, 0.2) is 18.2 Å². The molecule has 0 bridgehead atoms. The highest BCUT2D eigenvalue weighted by Crippen LogP contribution is 2.24. The maximum atomic E-state index is 6.14. The van der Waals surface area contributed by atoms with Crippen LogP contribution in [0.1, 0.15) is 96.0 Å². The van der Waals surface area contributed by atoms with Gasteiger partial charge in [-0.3, -0.25) is 0 Å². The molecule has 0 heterocycles. The Balaban J connectivity index is 0.00000729. The lowest BCUT2D eigenvalue weighted by molar-refractivity contribution is -0.903. The number of unbranched alkanes of at least 4 members (excludes halogenated alkanes) is 12. The SMILES string of the molecule is CCCCCCCCCCCCCCC[N+](C)(C)Cc1ccc(Cl)c(Cl)c1.[Cl-]. The third-order valence-corrected chi connectivity index (χ3v) is 6.20. The Morgan fingerprint density at radius 1 is 0.679 bits per heavy atom. The summed E-state index contributed by atoms with van der Waals surface area (Å²) in [5.41, 5.74) is 1.27. The first-order valence-electron chi connectivity index (χ1n) is 11.2. The van der Waals surface area contributed by atoms with Gasteiger partial charge >= 0.3 is 0 Å². The van der Waals surface area contributed by atoms with Gasteiger partial charge in [-0.2, -0.15) is 0 Å².